The molecular weight excluding hydrogens is 551 g/mol. The average Bonchev–Trinajstić information content (AvgIpc) is 3.56. The van der Waals surface area contributed by atoms with Crippen LogP contribution in [0.4, 0.5) is 0 Å². The van der Waals surface area contributed by atoms with E-state index in [9.17, 15) is 0 Å². The van der Waals surface area contributed by atoms with Gasteiger partial charge in [0.1, 0.15) is 0 Å². The molecule has 4 heteroatoms. The smallest absolute Gasteiger partial charge is 1.00 e. The molecule has 1 unspecified atom stereocenters. The van der Waals surface area contributed by atoms with Crippen molar-refractivity contribution < 1.29 is 51.0 Å². The number of rotatable bonds is 2. The van der Waals surface area contributed by atoms with Gasteiger partial charge in [0.05, 0.1) is 0 Å². The fourth-order valence-electron chi connectivity index (χ4n) is 5.16. The first-order chi connectivity index (χ1) is 15.1. The Morgan fingerprint density at radius 3 is 1.94 bits per heavy atom. The Morgan fingerprint density at radius 2 is 1.35 bits per heavy atom. The third-order valence-electron chi connectivity index (χ3n) is 7.01. The van der Waals surface area contributed by atoms with Gasteiger partial charge in [-0.25, -0.2) is 0 Å². The third kappa shape index (κ3) is 6.97. The standard InChI is InChI=1S/C16H19.C12H11.C2H7Si.2ClH.Zr/c1-3-11(2)15-8-7-14-9-12-5-4-6-13(12)10-16(14)15;1-3-9-7-11-5-2-6-12(11)8-10(9)4-1;1-3-2;;;/h7-11H,3-6H2,1-2H3;1,3-4,7-8H,2,5-6H2;3H,1-2H3;2*1H;/q2*-1;;;;+4/p-2. The number of halogens is 2. The molecule has 0 spiro atoms. The van der Waals surface area contributed by atoms with Crippen LogP contribution in [0.1, 0.15) is 66.8 Å². The molecule has 179 valence electrons. The predicted octanol–water partition coefficient (Wildman–Crippen LogP) is 2.13. The molecule has 4 aromatic rings. The molecule has 4 aromatic carbocycles. The Bertz CT molecular complexity index is 1120. The van der Waals surface area contributed by atoms with Gasteiger partial charge in [-0.15, -0.1) is 64.0 Å². The molecule has 0 aliphatic heterocycles. The van der Waals surface area contributed by atoms with Crippen LogP contribution in [-0.4, -0.2) is 9.52 Å². The van der Waals surface area contributed by atoms with Crippen molar-refractivity contribution in [3.05, 3.63) is 82.4 Å². The van der Waals surface area contributed by atoms with Crippen LogP contribution in [0.25, 0.3) is 21.5 Å². The minimum Gasteiger partial charge on any atom is -1.00 e. The molecule has 0 fully saturated rings. The molecule has 0 nitrogen and oxygen atoms in total. The van der Waals surface area contributed by atoms with E-state index in [0.29, 0.717) is 5.92 Å². The molecule has 0 saturated heterocycles. The first kappa shape index (κ1) is 31.4. The molecular formula is C30H37Cl2SiZr. The normalized spacial score (nSPS) is 13.8. The number of aryl methyl sites for hydroxylation is 4. The van der Waals surface area contributed by atoms with Gasteiger partial charge in [0, 0.05) is 9.52 Å². The van der Waals surface area contributed by atoms with Gasteiger partial charge in [-0.3, -0.25) is 0 Å². The second-order valence-corrected chi connectivity index (χ2v) is 10.5. The van der Waals surface area contributed by atoms with E-state index in [4.69, 9.17) is 0 Å². The summed E-state index contributed by atoms with van der Waals surface area (Å²) in [6.07, 6.45) is 9.08. The maximum absolute atomic E-state index is 2.46. The van der Waals surface area contributed by atoms with E-state index in [1.807, 2.05) is 0 Å². The Balaban J connectivity index is 0.000000289. The molecule has 1 radical (unpaired) electrons. The van der Waals surface area contributed by atoms with Crippen LogP contribution < -0.4 is 24.8 Å². The second kappa shape index (κ2) is 14.8. The van der Waals surface area contributed by atoms with E-state index in [1.54, 1.807) is 27.8 Å². The van der Waals surface area contributed by atoms with Crippen molar-refractivity contribution in [2.45, 2.75) is 77.8 Å². The van der Waals surface area contributed by atoms with Crippen LogP contribution in [0.3, 0.4) is 0 Å². The van der Waals surface area contributed by atoms with E-state index in [2.05, 4.69) is 81.5 Å². The zero-order chi connectivity index (χ0) is 21.8. The van der Waals surface area contributed by atoms with Gasteiger partial charge in [0.15, 0.2) is 0 Å². The van der Waals surface area contributed by atoms with Gasteiger partial charge < -0.3 is 24.8 Å². The van der Waals surface area contributed by atoms with Gasteiger partial charge in [0.2, 0.25) is 0 Å². The van der Waals surface area contributed by atoms with Crippen molar-refractivity contribution in [3.63, 3.8) is 0 Å². The first-order valence-electron chi connectivity index (χ1n) is 12.3. The third-order valence-corrected chi connectivity index (χ3v) is 7.01. The molecule has 2 aliphatic rings. The summed E-state index contributed by atoms with van der Waals surface area (Å²) in [7, 11) is 0.750. The van der Waals surface area contributed by atoms with Crippen LogP contribution in [0, 0.1) is 0 Å². The van der Waals surface area contributed by atoms with Gasteiger partial charge in [-0.05, 0) is 38.5 Å². The van der Waals surface area contributed by atoms with Crippen molar-refractivity contribution in [1.29, 1.82) is 0 Å². The molecule has 0 N–H and O–H groups in total. The Labute approximate surface area is 240 Å². The van der Waals surface area contributed by atoms with Gasteiger partial charge in [-0.2, -0.15) is 17.7 Å². The topological polar surface area (TPSA) is 0 Å². The van der Waals surface area contributed by atoms with Gasteiger partial charge in [-0.1, -0.05) is 61.5 Å². The molecule has 0 saturated carbocycles. The van der Waals surface area contributed by atoms with Crippen LogP contribution in [0.15, 0.2) is 54.6 Å². The summed E-state index contributed by atoms with van der Waals surface area (Å²) < 4.78 is 0. The van der Waals surface area contributed by atoms with Crippen LogP contribution >= 0.6 is 0 Å². The van der Waals surface area contributed by atoms with E-state index >= 15 is 0 Å². The molecule has 0 bridgehead atoms. The van der Waals surface area contributed by atoms with E-state index in [-0.39, 0.29) is 51.0 Å². The van der Waals surface area contributed by atoms with Crippen LogP contribution in [0.5, 0.6) is 0 Å². The zero-order valence-corrected chi connectivity index (χ0v) is 26.2. The summed E-state index contributed by atoms with van der Waals surface area (Å²) in [6.45, 7) is 9.03. The summed E-state index contributed by atoms with van der Waals surface area (Å²) in [5.74, 6) is 0.692. The number of hydrogen-bond donors (Lipinski definition) is 0. The summed E-state index contributed by atoms with van der Waals surface area (Å²) in [5.41, 5.74) is 7.90. The van der Waals surface area contributed by atoms with Gasteiger partial charge >= 0.3 is 26.2 Å². The molecule has 6 rings (SSSR count). The Kier molecular flexibility index (Phi) is 13.6. The molecule has 0 heterocycles. The predicted molar refractivity (Wildman–Crippen MR) is 141 cm³/mol. The average molecular weight is 588 g/mol. The van der Waals surface area contributed by atoms with Crippen molar-refractivity contribution in [2.75, 3.05) is 0 Å². The van der Waals surface area contributed by atoms with Crippen LogP contribution in [-0.2, 0) is 51.9 Å². The SMILES string of the molecule is CCC(C)c1c[cH-]c2cc3c(cc12)CCC3.C[SiH]C.[Cl-].[Cl-].[Zr+4].c1cc2cc3c(cc2[cH-]1)CCC3. The number of hydrogen-bond acceptors (Lipinski definition) is 0. The fraction of sp³-hybridized carbons (Fsp3) is 0.400. The molecule has 2 aliphatic carbocycles. The minimum atomic E-state index is 0. The number of benzene rings is 2. The molecule has 1 atom stereocenters. The quantitative estimate of drug-likeness (QED) is 0.249. The Morgan fingerprint density at radius 1 is 0.824 bits per heavy atom. The molecule has 0 aromatic heterocycles. The van der Waals surface area contributed by atoms with Crippen molar-refractivity contribution in [1.82, 2.24) is 0 Å². The summed E-state index contributed by atoms with van der Waals surface area (Å²) in [4.78, 5) is 0. The summed E-state index contributed by atoms with van der Waals surface area (Å²) >= 11 is 0. The van der Waals surface area contributed by atoms with Crippen molar-refractivity contribution >= 4 is 31.1 Å². The summed E-state index contributed by atoms with van der Waals surface area (Å²) in [5, 5.41) is 5.79. The first-order valence-corrected chi connectivity index (χ1v) is 14.6. The fourth-order valence-corrected chi connectivity index (χ4v) is 5.16. The maximum Gasteiger partial charge on any atom is 4.00 e. The second-order valence-electron chi connectivity index (χ2n) is 9.37. The minimum absolute atomic E-state index is 0. The zero-order valence-electron chi connectivity index (χ0n) is 21.1. The van der Waals surface area contributed by atoms with Crippen molar-refractivity contribution in [2.24, 2.45) is 0 Å². The van der Waals surface area contributed by atoms with E-state index < -0.39 is 0 Å². The van der Waals surface area contributed by atoms with Crippen LogP contribution in [0.2, 0.25) is 13.1 Å². The maximum atomic E-state index is 2.46. The van der Waals surface area contributed by atoms with Gasteiger partial charge in [0.25, 0.3) is 0 Å². The Hall–Kier alpha value is -0.660. The summed E-state index contributed by atoms with van der Waals surface area (Å²) in [6, 6.07) is 20.8. The molecule has 34 heavy (non-hydrogen) atoms. The monoisotopic (exact) mass is 585 g/mol. The van der Waals surface area contributed by atoms with E-state index in [0.717, 1.165) is 9.52 Å². The number of fused-ring (bicyclic) bond motifs is 4. The van der Waals surface area contributed by atoms with Crippen molar-refractivity contribution in [3.8, 4) is 0 Å². The van der Waals surface area contributed by atoms with E-state index in [1.165, 1.54) is 66.5 Å². The molecule has 0 amide bonds. The largest absolute Gasteiger partial charge is 4.00 e.